The summed E-state index contributed by atoms with van der Waals surface area (Å²) in [5.41, 5.74) is -0.110. The van der Waals surface area contributed by atoms with Crippen LogP contribution in [-0.2, 0) is 23.9 Å². The minimum atomic E-state index is -4.51. The maximum atomic E-state index is 12.9. The average molecular weight is 513 g/mol. The maximum absolute atomic E-state index is 12.9. The Morgan fingerprint density at radius 2 is 2.14 bits per heavy atom. The van der Waals surface area contributed by atoms with Crippen molar-refractivity contribution in [3.8, 4) is 0 Å². The lowest BCUT2D eigenvalue weighted by atomic mass is 10.2. The van der Waals surface area contributed by atoms with Crippen LogP contribution in [0, 0.1) is 6.92 Å². The van der Waals surface area contributed by atoms with Gasteiger partial charge in [-0.25, -0.2) is 4.79 Å². The van der Waals surface area contributed by atoms with Gasteiger partial charge in [0.15, 0.2) is 10.8 Å². The third-order valence-corrected chi connectivity index (χ3v) is 6.39. The van der Waals surface area contributed by atoms with Gasteiger partial charge in [-0.15, -0.1) is 11.3 Å². The van der Waals surface area contributed by atoms with Crippen molar-refractivity contribution in [1.82, 2.24) is 15.1 Å². The number of carbonyl (C=O) groups excluding carboxylic acids is 1. The number of methoxy groups -OCH3 is 1. The summed E-state index contributed by atoms with van der Waals surface area (Å²) in [5.74, 6) is -0.452. The van der Waals surface area contributed by atoms with Crippen molar-refractivity contribution in [2.45, 2.75) is 39.4 Å². The molecule has 0 saturated heterocycles. The van der Waals surface area contributed by atoms with E-state index in [9.17, 15) is 18.0 Å². The Hall–Kier alpha value is -1.66. The summed E-state index contributed by atoms with van der Waals surface area (Å²) < 4.78 is 44.8. The van der Waals surface area contributed by atoms with Crippen molar-refractivity contribution >= 4 is 55.6 Å². The Balaban J connectivity index is 1.90. The van der Waals surface area contributed by atoms with Crippen molar-refractivity contribution in [2.75, 3.05) is 19.0 Å². The second-order valence-corrected chi connectivity index (χ2v) is 8.34. The number of carbonyl (C=O) groups is 1. The van der Waals surface area contributed by atoms with Gasteiger partial charge in [0.1, 0.15) is 5.00 Å². The number of aromatic nitrogens is 2. The van der Waals surface area contributed by atoms with Gasteiger partial charge in [0.05, 0.1) is 22.8 Å². The van der Waals surface area contributed by atoms with E-state index in [0.717, 1.165) is 11.3 Å². The highest BCUT2D eigenvalue weighted by Gasteiger charge is 2.37. The number of halogens is 4. The van der Waals surface area contributed by atoms with Crippen molar-refractivity contribution in [3.05, 3.63) is 32.4 Å². The fraction of sp³-hybridized carbons (Fsp3) is 0.471. The van der Waals surface area contributed by atoms with Gasteiger partial charge in [0.25, 0.3) is 0 Å². The van der Waals surface area contributed by atoms with E-state index in [1.165, 1.54) is 23.1 Å². The van der Waals surface area contributed by atoms with Crippen LogP contribution in [0.2, 0.25) is 0 Å². The van der Waals surface area contributed by atoms with Gasteiger partial charge in [-0.05, 0) is 54.0 Å². The largest absolute Gasteiger partial charge is 0.465 e. The fourth-order valence-electron chi connectivity index (χ4n) is 2.47. The molecule has 0 aliphatic carbocycles. The third-order valence-electron chi connectivity index (χ3n) is 4.00. The molecule has 0 aromatic carbocycles. The molecule has 0 bridgehead atoms. The molecule has 2 rings (SSSR count). The zero-order chi connectivity index (χ0) is 21.8. The molecule has 6 nitrogen and oxygen atoms in total. The first kappa shape index (κ1) is 23.6. The van der Waals surface area contributed by atoms with Crippen LogP contribution in [0.25, 0.3) is 0 Å². The molecule has 0 aliphatic rings. The van der Waals surface area contributed by atoms with E-state index in [4.69, 9.17) is 17.0 Å². The molecular formula is C17H20BrF3N4O2S2. The summed E-state index contributed by atoms with van der Waals surface area (Å²) in [4.78, 5) is 12.9. The molecule has 0 fully saturated rings. The van der Waals surface area contributed by atoms with Crippen molar-refractivity contribution < 1.29 is 22.7 Å². The Morgan fingerprint density at radius 1 is 1.45 bits per heavy atom. The van der Waals surface area contributed by atoms with E-state index in [1.54, 1.807) is 13.0 Å². The number of rotatable bonds is 7. The third kappa shape index (κ3) is 5.92. The normalized spacial score (nSPS) is 11.4. The monoisotopic (exact) mass is 512 g/mol. The summed E-state index contributed by atoms with van der Waals surface area (Å²) in [6.45, 7) is 4.27. The molecule has 0 unspecified atom stereocenters. The van der Waals surface area contributed by atoms with Gasteiger partial charge in [-0.2, -0.15) is 18.3 Å². The highest BCUT2D eigenvalue weighted by molar-refractivity contribution is 9.10. The predicted octanol–water partition coefficient (Wildman–Crippen LogP) is 4.76. The van der Waals surface area contributed by atoms with Gasteiger partial charge in [0, 0.05) is 18.0 Å². The molecule has 2 aromatic heterocycles. The Labute approximate surface area is 183 Å². The first-order valence-electron chi connectivity index (χ1n) is 8.64. The zero-order valence-corrected chi connectivity index (χ0v) is 19.2. The van der Waals surface area contributed by atoms with E-state index in [0.29, 0.717) is 40.9 Å². The van der Waals surface area contributed by atoms with Gasteiger partial charge in [-0.3, -0.25) is 4.68 Å². The van der Waals surface area contributed by atoms with Crippen LogP contribution in [0.1, 0.15) is 40.0 Å². The summed E-state index contributed by atoms with van der Waals surface area (Å²) in [7, 11) is 1.31. The van der Waals surface area contributed by atoms with Crippen LogP contribution >= 0.6 is 39.5 Å². The van der Waals surface area contributed by atoms with Crippen LogP contribution in [0.4, 0.5) is 18.2 Å². The first-order valence-corrected chi connectivity index (χ1v) is 10.7. The SMILES string of the molecule is CCc1cc(C(=O)OC)c(NC(=S)NCCCn2nc(C(F)(F)F)c(Br)c2C)s1. The maximum Gasteiger partial charge on any atom is 0.436 e. The Morgan fingerprint density at radius 3 is 2.69 bits per heavy atom. The highest BCUT2D eigenvalue weighted by Crippen LogP contribution is 2.35. The summed E-state index contributed by atoms with van der Waals surface area (Å²) in [5, 5.41) is 10.5. The molecule has 2 heterocycles. The average Bonchev–Trinajstić information content (AvgIpc) is 3.19. The number of nitrogens with zero attached hydrogens (tertiary/aromatic N) is 2. The number of hydrogen-bond donors (Lipinski definition) is 2. The van der Waals surface area contributed by atoms with E-state index in [1.807, 2.05) is 6.92 Å². The number of thiophene rings is 1. The Bertz CT molecular complexity index is 896. The fourth-order valence-corrected chi connectivity index (χ4v) is 4.24. The second-order valence-electron chi connectivity index (χ2n) is 6.00. The van der Waals surface area contributed by atoms with Crippen LogP contribution in [0.15, 0.2) is 10.5 Å². The number of nitrogens with one attached hydrogen (secondary N) is 2. The van der Waals surface area contributed by atoms with Gasteiger partial charge in [-0.1, -0.05) is 6.92 Å². The quantitative estimate of drug-likeness (QED) is 0.316. The lowest BCUT2D eigenvalue weighted by Crippen LogP contribution is -2.30. The lowest BCUT2D eigenvalue weighted by molar-refractivity contribution is -0.142. The molecule has 2 N–H and O–H groups in total. The van der Waals surface area contributed by atoms with Gasteiger partial charge < -0.3 is 15.4 Å². The van der Waals surface area contributed by atoms with Crippen LogP contribution in [0.3, 0.4) is 0 Å². The minimum absolute atomic E-state index is 0.0464. The molecular weight excluding hydrogens is 493 g/mol. The molecule has 0 amide bonds. The summed E-state index contributed by atoms with van der Waals surface area (Å²) in [6.07, 6.45) is -3.23. The molecule has 0 aliphatic heterocycles. The Kier molecular flexibility index (Phi) is 8.06. The standard InChI is InChI=1S/C17H20BrF3N4O2S2/c1-4-10-8-11(15(26)27-3)14(29-10)23-16(28)22-6-5-7-25-9(2)12(18)13(24-25)17(19,20)21/h8H,4-7H2,1-3H3,(H2,22,23,28). The van der Waals surface area contributed by atoms with Crippen molar-refractivity contribution in [2.24, 2.45) is 0 Å². The summed E-state index contributed by atoms with van der Waals surface area (Å²) in [6, 6.07) is 1.76. The number of esters is 1. The van der Waals surface area contributed by atoms with Gasteiger partial charge >= 0.3 is 12.1 Å². The molecule has 0 radical (unpaired) electrons. The number of ether oxygens (including phenoxy) is 1. The van der Waals surface area contributed by atoms with Crippen LogP contribution in [-0.4, -0.2) is 34.5 Å². The smallest absolute Gasteiger partial charge is 0.436 e. The molecule has 29 heavy (non-hydrogen) atoms. The van der Waals surface area contributed by atoms with E-state index >= 15 is 0 Å². The molecule has 2 aromatic rings. The lowest BCUT2D eigenvalue weighted by Gasteiger charge is -2.11. The topological polar surface area (TPSA) is 68.2 Å². The predicted molar refractivity (Wildman–Crippen MR) is 114 cm³/mol. The second kappa shape index (κ2) is 9.90. The molecule has 0 spiro atoms. The number of anilines is 1. The molecule has 0 saturated carbocycles. The number of alkyl halides is 3. The number of aryl methyl sites for hydroxylation is 2. The van der Waals surface area contributed by atoms with E-state index in [2.05, 4.69) is 31.7 Å². The van der Waals surface area contributed by atoms with Crippen LogP contribution in [0.5, 0.6) is 0 Å². The number of thiocarbonyl (C=S) groups is 1. The van der Waals surface area contributed by atoms with Crippen molar-refractivity contribution in [3.63, 3.8) is 0 Å². The zero-order valence-electron chi connectivity index (χ0n) is 15.9. The van der Waals surface area contributed by atoms with Crippen LogP contribution < -0.4 is 10.6 Å². The molecule has 12 heteroatoms. The molecule has 0 atom stereocenters. The molecule has 160 valence electrons. The number of hydrogen-bond acceptors (Lipinski definition) is 5. The van der Waals surface area contributed by atoms with Gasteiger partial charge in [0.2, 0.25) is 0 Å². The van der Waals surface area contributed by atoms with E-state index < -0.39 is 17.8 Å². The van der Waals surface area contributed by atoms with E-state index in [-0.39, 0.29) is 4.47 Å². The highest BCUT2D eigenvalue weighted by atomic mass is 79.9. The summed E-state index contributed by atoms with van der Waals surface area (Å²) >= 11 is 9.61. The van der Waals surface area contributed by atoms with Crippen molar-refractivity contribution in [1.29, 1.82) is 0 Å². The first-order chi connectivity index (χ1) is 13.6. The minimum Gasteiger partial charge on any atom is -0.465 e.